The second kappa shape index (κ2) is 10.6. The van der Waals surface area contributed by atoms with Crippen LogP contribution in [-0.2, 0) is 0 Å². The molecule has 0 aliphatic rings. The second-order valence-corrected chi connectivity index (χ2v) is 8.60. The first-order valence-electron chi connectivity index (χ1n) is 10.9. The zero-order valence-corrected chi connectivity index (χ0v) is 20.4. The highest BCUT2D eigenvalue weighted by Gasteiger charge is 2.13. The van der Waals surface area contributed by atoms with E-state index in [1.165, 1.54) is 0 Å². The van der Waals surface area contributed by atoms with E-state index in [2.05, 4.69) is 27.8 Å². The van der Waals surface area contributed by atoms with Crippen LogP contribution in [0.3, 0.4) is 0 Å². The van der Waals surface area contributed by atoms with E-state index in [-0.39, 0.29) is 11.0 Å². The molecule has 4 aromatic rings. The van der Waals surface area contributed by atoms with Crippen LogP contribution in [0.15, 0.2) is 60.7 Å². The highest BCUT2D eigenvalue weighted by atomic mass is 35.5. The van der Waals surface area contributed by atoms with Crippen molar-refractivity contribution in [3.63, 3.8) is 0 Å². The normalized spacial score (nSPS) is 10.8. The van der Waals surface area contributed by atoms with Crippen LogP contribution in [-0.4, -0.2) is 32.6 Å². The number of unbranched alkanes of at least 4 members (excludes halogenated alkanes) is 1. The van der Waals surface area contributed by atoms with Crippen molar-refractivity contribution in [3.8, 4) is 11.4 Å². The molecule has 2 N–H and O–H groups in total. The summed E-state index contributed by atoms with van der Waals surface area (Å²) in [6.45, 7) is 4.72. The molecule has 0 unspecified atom stereocenters. The summed E-state index contributed by atoms with van der Waals surface area (Å²) in [4.78, 5) is 14.2. The minimum Gasteiger partial charge on any atom is -0.494 e. The van der Waals surface area contributed by atoms with Crippen LogP contribution >= 0.6 is 23.8 Å². The fraction of sp³-hybridized carbons (Fsp3) is 0.200. The van der Waals surface area contributed by atoms with Gasteiger partial charge >= 0.3 is 0 Å². The van der Waals surface area contributed by atoms with Crippen LogP contribution in [0.5, 0.6) is 5.75 Å². The number of hydrogen-bond acceptors (Lipinski definition) is 5. The lowest BCUT2D eigenvalue weighted by Crippen LogP contribution is -2.34. The summed E-state index contributed by atoms with van der Waals surface area (Å²) in [5.41, 5.74) is 4.25. The highest BCUT2D eigenvalue weighted by molar-refractivity contribution is 7.80. The van der Waals surface area contributed by atoms with Crippen molar-refractivity contribution in [1.82, 2.24) is 20.3 Å². The zero-order valence-electron chi connectivity index (χ0n) is 18.8. The lowest BCUT2D eigenvalue weighted by molar-refractivity contribution is 0.0977. The Balaban J connectivity index is 1.45. The number of aryl methyl sites for hydroxylation is 1. The average Bonchev–Trinajstić information content (AvgIpc) is 3.22. The molecule has 3 aromatic carbocycles. The first-order chi connectivity index (χ1) is 16.4. The Bertz CT molecular complexity index is 1340. The van der Waals surface area contributed by atoms with Gasteiger partial charge in [-0.2, -0.15) is 4.80 Å². The monoisotopic (exact) mass is 493 g/mol. The maximum atomic E-state index is 12.7. The summed E-state index contributed by atoms with van der Waals surface area (Å²) < 4.78 is 5.67. The third-order valence-electron chi connectivity index (χ3n) is 5.07. The van der Waals surface area contributed by atoms with E-state index >= 15 is 0 Å². The van der Waals surface area contributed by atoms with Crippen molar-refractivity contribution in [2.24, 2.45) is 0 Å². The van der Waals surface area contributed by atoms with Crippen LogP contribution in [0, 0.1) is 6.92 Å². The first kappa shape index (κ1) is 23.7. The van der Waals surface area contributed by atoms with Crippen molar-refractivity contribution < 1.29 is 9.53 Å². The molecule has 9 heteroatoms. The molecule has 0 atom stereocenters. The smallest absolute Gasteiger partial charge is 0.257 e. The van der Waals surface area contributed by atoms with Gasteiger partial charge in [0.1, 0.15) is 16.8 Å². The van der Waals surface area contributed by atoms with Crippen molar-refractivity contribution in [1.29, 1.82) is 0 Å². The number of carbonyl (C=O) groups is 1. The van der Waals surface area contributed by atoms with Crippen molar-refractivity contribution in [2.45, 2.75) is 26.7 Å². The first-order valence-corrected chi connectivity index (χ1v) is 11.7. The summed E-state index contributed by atoms with van der Waals surface area (Å²) in [5.74, 6) is 0.297. The maximum absolute atomic E-state index is 12.7. The van der Waals surface area contributed by atoms with E-state index in [4.69, 9.17) is 28.6 Å². The Morgan fingerprint density at radius 3 is 2.56 bits per heavy atom. The van der Waals surface area contributed by atoms with Crippen molar-refractivity contribution >= 4 is 51.6 Å². The van der Waals surface area contributed by atoms with Crippen LogP contribution < -0.4 is 15.4 Å². The van der Waals surface area contributed by atoms with Crippen molar-refractivity contribution in [2.75, 3.05) is 11.9 Å². The van der Waals surface area contributed by atoms with E-state index in [1.54, 1.807) is 35.1 Å². The van der Waals surface area contributed by atoms with Crippen molar-refractivity contribution in [3.05, 3.63) is 76.8 Å². The Labute approximate surface area is 208 Å². The van der Waals surface area contributed by atoms with Gasteiger partial charge in [-0.3, -0.25) is 10.1 Å². The number of anilines is 1. The van der Waals surface area contributed by atoms with Crippen LogP contribution in [0.25, 0.3) is 16.7 Å². The molecular weight excluding hydrogens is 470 g/mol. The van der Waals surface area contributed by atoms with Gasteiger partial charge in [0.05, 0.1) is 23.0 Å². The number of thiocarbonyl (C=S) groups is 1. The van der Waals surface area contributed by atoms with Gasteiger partial charge in [0, 0.05) is 5.56 Å². The third-order valence-corrected chi connectivity index (χ3v) is 5.59. The fourth-order valence-electron chi connectivity index (χ4n) is 3.22. The fourth-order valence-corrected chi connectivity index (χ4v) is 3.63. The van der Waals surface area contributed by atoms with Gasteiger partial charge in [0.15, 0.2) is 5.11 Å². The number of fused-ring (bicyclic) bond motifs is 1. The Morgan fingerprint density at radius 2 is 1.82 bits per heavy atom. The summed E-state index contributed by atoms with van der Waals surface area (Å²) >= 11 is 11.8. The Morgan fingerprint density at radius 1 is 1.09 bits per heavy atom. The molecule has 174 valence electrons. The third kappa shape index (κ3) is 5.70. The molecule has 0 aliphatic carbocycles. The zero-order chi connectivity index (χ0) is 24.1. The maximum Gasteiger partial charge on any atom is 0.257 e. The number of ether oxygens (including phenoxy) is 1. The summed E-state index contributed by atoms with van der Waals surface area (Å²) in [6, 6.07) is 18.3. The number of nitrogens with one attached hydrogen (secondary N) is 2. The van der Waals surface area contributed by atoms with E-state index < -0.39 is 0 Å². The van der Waals surface area contributed by atoms with Crippen LogP contribution in [0.2, 0.25) is 5.02 Å². The van der Waals surface area contributed by atoms with Gasteiger partial charge in [-0.15, -0.1) is 10.2 Å². The SMILES string of the molecule is CCCCOc1cccc(C(=O)NC(=S)Nc2cc3nn(-c4ccc(C)cc4)nc3cc2Cl)c1. The molecule has 0 aliphatic heterocycles. The predicted molar refractivity (Wildman–Crippen MR) is 139 cm³/mol. The average molecular weight is 494 g/mol. The standard InChI is InChI=1S/C25H24ClN5O2S/c1-3-4-12-33-19-7-5-6-17(13-19)24(32)28-25(34)27-21-15-23-22(14-20(21)26)29-31(30-23)18-10-8-16(2)9-11-18/h5-11,13-15H,3-4,12H2,1-2H3,(H2,27,28,32,34). The van der Waals surface area contributed by atoms with Gasteiger partial charge in [-0.05, 0) is 68.0 Å². The van der Waals surface area contributed by atoms with Gasteiger partial charge in [-0.25, -0.2) is 0 Å². The molecule has 0 saturated heterocycles. The Hall–Kier alpha value is -3.49. The highest BCUT2D eigenvalue weighted by Crippen LogP contribution is 2.27. The molecule has 34 heavy (non-hydrogen) atoms. The lowest BCUT2D eigenvalue weighted by Gasteiger charge is -2.11. The van der Waals surface area contributed by atoms with Gasteiger partial charge in [0.25, 0.3) is 5.91 Å². The second-order valence-electron chi connectivity index (χ2n) is 7.78. The van der Waals surface area contributed by atoms with E-state index in [1.807, 2.05) is 37.3 Å². The number of nitrogens with zero attached hydrogens (tertiary/aromatic N) is 3. The summed E-state index contributed by atoms with van der Waals surface area (Å²) in [7, 11) is 0. The number of aromatic nitrogens is 3. The molecule has 0 radical (unpaired) electrons. The number of amides is 1. The number of carbonyl (C=O) groups excluding carboxylic acids is 1. The topological polar surface area (TPSA) is 81.1 Å². The lowest BCUT2D eigenvalue weighted by atomic mass is 10.2. The van der Waals surface area contributed by atoms with Crippen LogP contribution in [0.1, 0.15) is 35.7 Å². The molecule has 4 rings (SSSR count). The molecule has 7 nitrogen and oxygen atoms in total. The number of rotatable bonds is 7. The summed E-state index contributed by atoms with van der Waals surface area (Å²) in [5, 5.41) is 15.2. The molecule has 1 aromatic heterocycles. The number of benzene rings is 3. The molecule has 1 amide bonds. The minimum absolute atomic E-state index is 0.120. The van der Waals surface area contributed by atoms with E-state index in [0.717, 1.165) is 24.1 Å². The van der Waals surface area contributed by atoms with E-state index in [0.29, 0.717) is 39.7 Å². The molecule has 1 heterocycles. The number of halogens is 1. The van der Waals surface area contributed by atoms with E-state index in [9.17, 15) is 4.79 Å². The molecule has 0 bridgehead atoms. The molecule has 0 spiro atoms. The largest absolute Gasteiger partial charge is 0.494 e. The minimum atomic E-state index is -0.346. The molecular formula is C25H24ClN5O2S. The Kier molecular flexibility index (Phi) is 7.40. The molecule has 0 fully saturated rings. The predicted octanol–water partition coefficient (Wildman–Crippen LogP) is 5.69. The molecule has 0 saturated carbocycles. The van der Waals surface area contributed by atoms with Gasteiger partial charge in [-0.1, -0.05) is 48.7 Å². The van der Waals surface area contributed by atoms with Gasteiger partial charge in [0.2, 0.25) is 0 Å². The quantitative estimate of drug-likeness (QED) is 0.254. The summed E-state index contributed by atoms with van der Waals surface area (Å²) in [6.07, 6.45) is 1.99. The number of hydrogen-bond donors (Lipinski definition) is 2. The van der Waals surface area contributed by atoms with Gasteiger partial charge < -0.3 is 10.1 Å². The van der Waals surface area contributed by atoms with Crippen LogP contribution in [0.4, 0.5) is 5.69 Å².